The molecule has 2 aromatic heterocycles. The zero-order chi connectivity index (χ0) is 26.7. The molecule has 0 aliphatic rings. The van der Waals surface area contributed by atoms with Crippen LogP contribution in [0.15, 0.2) is 103 Å². The summed E-state index contributed by atoms with van der Waals surface area (Å²) in [6, 6.07) is 37.1. The molecule has 2 heterocycles. The summed E-state index contributed by atoms with van der Waals surface area (Å²) in [4.78, 5) is 2.69. The zero-order valence-corrected chi connectivity index (χ0v) is 27.1. The number of rotatable bonds is 9. The number of thiophene rings is 2. The van der Waals surface area contributed by atoms with Crippen LogP contribution in [-0.2, 0) is 11.0 Å². The Bertz CT molecular complexity index is 1470. The van der Waals surface area contributed by atoms with Crippen molar-refractivity contribution in [3.63, 3.8) is 0 Å². The molecule has 3 aromatic carbocycles. The smallest absolute Gasteiger partial charge is 0.240 e. The van der Waals surface area contributed by atoms with E-state index in [0.29, 0.717) is 17.7 Å². The molecule has 0 spiro atoms. The molecular weight excluding hydrogens is 631 g/mol. The van der Waals surface area contributed by atoms with Gasteiger partial charge in [0.05, 0.1) is 14.4 Å². The fourth-order valence-corrected chi connectivity index (χ4v) is 15.1. The van der Waals surface area contributed by atoms with Crippen molar-refractivity contribution >= 4 is 58.1 Å². The lowest BCUT2D eigenvalue weighted by molar-refractivity contribution is 0.283. The Morgan fingerprint density at radius 2 is 1.21 bits per heavy atom. The quantitative estimate of drug-likeness (QED) is 0.113. The van der Waals surface area contributed by atoms with Crippen LogP contribution in [0.5, 0.6) is 0 Å². The van der Waals surface area contributed by atoms with Gasteiger partial charge in [0, 0.05) is 14.9 Å². The van der Waals surface area contributed by atoms with Crippen LogP contribution in [-0.4, -0.2) is 8.32 Å². The number of hydrogen-bond donors (Lipinski definition) is 0. The Balaban J connectivity index is 1.70. The Hall–Kier alpha value is -2.03. The summed E-state index contributed by atoms with van der Waals surface area (Å²) in [5.74, 6) is 0. The maximum absolute atomic E-state index is 7.21. The van der Waals surface area contributed by atoms with Crippen LogP contribution in [0.2, 0.25) is 11.1 Å². The van der Waals surface area contributed by atoms with Gasteiger partial charge in [-0.05, 0) is 68.1 Å². The average molecular weight is 665 g/mol. The fourth-order valence-electron chi connectivity index (χ4n) is 5.37. The SMILES string of the molecule is CC(C)[Si](OCc1ccccc1)(c1sc(-c2sc(I)cc2-c2ccccc2)cc1-c1ccccc1)C(C)C. The normalized spacial score (nSPS) is 12.0. The van der Waals surface area contributed by atoms with Crippen molar-refractivity contribution in [2.75, 3.05) is 0 Å². The van der Waals surface area contributed by atoms with Crippen LogP contribution >= 0.6 is 45.3 Å². The van der Waals surface area contributed by atoms with E-state index in [-0.39, 0.29) is 0 Å². The molecule has 5 rings (SSSR count). The van der Waals surface area contributed by atoms with Gasteiger partial charge in [-0.1, -0.05) is 119 Å². The molecule has 0 aliphatic carbocycles. The molecule has 5 heteroatoms. The Morgan fingerprint density at radius 3 is 1.76 bits per heavy atom. The van der Waals surface area contributed by atoms with Crippen molar-refractivity contribution in [2.24, 2.45) is 0 Å². The van der Waals surface area contributed by atoms with Crippen molar-refractivity contribution in [1.82, 2.24) is 0 Å². The zero-order valence-electron chi connectivity index (χ0n) is 22.3. The molecule has 0 fully saturated rings. The second-order valence-corrected chi connectivity index (χ2v) is 19.3. The summed E-state index contributed by atoms with van der Waals surface area (Å²) in [7, 11) is -2.42. The largest absolute Gasteiger partial charge is 0.407 e. The van der Waals surface area contributed by atoms with Crippen LogP contribution in [0.3, 0.4) is 0 Å². The van der Waals surface area contributed by atoms with Crippen molar-refractivity contribution in [3.05, 3.63) is 112 Å². The van der Waals surface area contributed by atoms with Gasteiger partial charge in [0.15, 0.2) is 0 Å². The van der Waals surface area contributed by atoms with E-state index in [9.17, 15) is 0 Å². The highest BCUT2D eigenvalue weighted by Crippen LogP contribution is 2.46. The Labute approximate surface area is 249 Å². The van der Waals surface area contributed by atoms with Gasteiger partial charge in [-0.3, -0.25) is 0 Å². The standard InChI is InChI=1S/C33H33IOS2Si/c1-23(2)38(24(3)4,35-22-25-14-8-5-9-15-25)33-29(27-18-12-7-13-19-27)20-30(36-33)32-28(21-31(34)37-32)26-16-10-6-11-17-26/h5-21,23-24H,22H2,1-4H3. The van der Waals surface area contributed by atoms with Gasteiger partial charge in [0.2, 0.25) is 8.32 Å². The first kappa shape index (κ1) is 27.5. The number of halogens is 1. The van der Waals surface area contributed by atoms with Gasteiger partial charge >= 0.3 is 0 Å². The molecular formula is C33H33IOS2Si. The molecule has 1 nitrogen and oxygen atoms in total. The predicted octanol–water partition coefficient (Wildman–Crippen LogP) is 10.6. The molecule has 0 aliphatic heterocycles. The number of hydrogen-bond acceptors (Lipinski definition) is 3. The predicted molar refractivity (Wildman–Crippen MR) is 178 cm³/mol. The van der Waals surface area contributed by atoms with E-state index in [1.807, 2.05) is 22.7 Å². The minimum absolute atomic E-state index is 0.428. The highest BCUT2D eigenvalue weighted by molar-refractivity contribution is 14.1. The van der Waals surface area contributed by atoms with Gasteiger partial charge in [-0.25, -0.2) is 0 Å². The summed E-state index contributed by atoms with van der Waals surface area (Å²) < 4.78 is 9.98. The third kappa shape index (κ3) is 5.49. The van der Waals surface area contributed by atoms with Gasteiger partial charge in [-0.15, -0.1) is 22.7 Å². The van der Waals surface area contributed by atoms with Crippen LogP contribution in [0.25, 0.3) is 32.0 Å². The van der Waals surface area contributed by atoms with E-state index in [0.717, 1.165) is 0 Å². The first-order valence-electron chi connectivity index (χ1n) is 13.1. The minimum Gasteiger partial charge on any atom is -0.407 e. The lowest BCUT2D eigenvalue weighted by atomic mass is 10.1. The number of benzene rings is 3. The van der Waals surface area contributed by atoms with Gasteiger partial charge in [0.1, 0.15) is 0 Å². The van der Waals surface area contributed by atoms with Crippen LogP contribution in [0.4, 0.5) is 0 Å². The molecule has 0 unspecified atom stereocenters. The molecule has 0 atom stereocenters. The monoisotopic (exact) mass is 664 g/mol. The third-order valence-corrected chi connectivity index (χ3v) is 16.5. The van der Waals surface area contributed by atoms with Crippen molar-refractivity contribution < 1.29 is 4.43 Å². The maximum atomic E-state index is 7.21. The Kier molecular flexibility index (Phi) is 8.70. The van der Waals surface area contributed by atoms with E-state index in [2.05, 4.69) is 153 Å². The third-order valence-electron chi connectivity index (χ3n) is 7.22. The van der Waals surface area contributed by atoms with Gasteiger partial charge in [0.25, 0.3) is 0 Å². The van der Waals surface area contributed by atoms with Crippen LogP contribution in [0, 0.1) is 2.88 Å². The fraction of sp³-hybridized carbons (Fsp3) is 0.212. The first-order valence-corrected chi connectivity index (χ1v) is 17.9. The molecule has 0 radical (unpaired) electrons. The average Bonchev–Trinajstić information content (AvgIpc) is 3.55. The van der Waals surface area contributed by atoms with E-state index in [4.69, 9.17) is 4.43 Å². The molecule has 0 saturated carbocycles. The molecule has 0 saturated heterocycles. The van der Waals surface area contributed by atoms with Crippen molar-refractivity contribution in [2.45, 2.75) is 45.4 Å². The summed E-state index contributed by atoms with van der Waals surface area (Å²) in [5.41, 5.74) is 7.31. The lowest BCUT2D eigenvalue weighted by Crippen LogP contribution is -2.55. The van der Waals surface area contributed by atoms with Crippen molar-refractivity contribution in [1.29, 1.82) is 0 Å². The summed E-state index contributed by atoms with van der Waals surface area (Å²) in [6.07, 6.45) is 0. The summed E-state index contributed by atoms with van der Waals surface area (Å²) in [6.45, 7) is 10.1. The topological polar surface area (TPSA) is 9.23 Å². The van der Waals surface area contributed by atoms with E-state index >= 15 is 0 Å². The van der Waals surface area contributed by atoms with Crippen LogP contribution in [0.1, 0.15) is 33.3 Å². The van der Waals surface area contributed by atoms with E-state index < -0.39 is 8.32 Å². The molecule has 5 aromatic rings. The summed E-state index contributed by atoms with van der Waals surface area (Å²) >= 11 is 6.33. The first-order chi connectivity index (χ1) is 18.4. The van der Waals surface area contributed by atoms with E-state index in [1.165, 1.54) is 45.0 Å². The highest BCUT2D eigenvalue weighted by Gasteiger charge is 2.47. The molecule has 194 valence electrons. The molecule has 0 bridgehead atoms. The molecule has 38 heavy (non-hydrogen) atoms. The van der Waals surface area contributed by atoms with Gasteiger partial charge < -0.3 is 4.43 Å². The van der Waals surface area contributed by atoms with Crippen LogP contribution < -0.4 is 4.50 Å². The Morgan fingerprint density at radius 1 is 0.684 bits per heavy atom. The molecule has 0 N–H and O–H groups in total. The lowest BCUT2D eigenvalue weighted by Gasteiger charge is -2.39. The highest BCUT2D eigenvalue weighted by atomic mass is 127. The molecule has 0 amide bonds. The second-order valence-electron chi connectivity index (χ2n) is 10.3. The second kappa shape index (κ2) is 12.0. The van der Waals surface area contributed by atoms with E-state index in [1.54, 1.807) is 0 Å². The minimum atomic E-state index is -2.42. The maximum Gasteiger partial charge on any atom is 0.240 e. The van der Waals surface area contributed by atoms with Gasteiger partial charge in [-0.2, -0.15) is 0 Å². The van der Waals surface area contributed by atoms with Crippen molar-refractivity contribution in [3.8, 4) is 32.0 Å². The summed E-state index contributed by atoms with van der Waals surface area (Å²) in [5, 5.41) is 0.